The molecule has 0 bridgehead atoms. The van der Waals surface area contributed by atoms with Gasteiger partial charge in [0.1, 0.15) is 10.7 Å². The molecule has 7 heteroatoms. The minimum absolute atomic E-state index is 0.0680. The zero-order valence-corrected chi connectivity index (χ0v) is 15.8. The van der Waals surface area contributed by atoms with Crippen LogP contribution in [0.15, 0.2) is 22.9 Å². The molecule has 0 aliphatic heterocycles. The molecule has 0 N–H and O–H groups in total. The summed E-state index contributed by atoms with van der Waals surface area (Å²) in [6, 6.07) is 3.94. The van der Waals surface area contributed by atoms with Gasteiger partial charge in [0.25, 0.3) is 5.91 Å². The van der Waals surface area contributed by atoms with Crippen molar-refractivity contribution in [3.63, 3.8) is 0 Å². The Morgan fingerprint density at radius 1 is 1.26 bits per heavy atom. The van der Waals surface area contributed by atoms with Crippen LogP contribution in [0.1, 0.15) is 39.0 Å². The first-order chi connectivity index (χ1) is 11.0. The predicted octanol–water partition coefficient (Wildman–Crippen LogP) is 4.78. The molecule has 120 valence electrons. The first-order valence-corrected chi connectivity index (χ1v) is 9.75. The minimum atomic E-state index is -0.0701. The molecule has 0 aliphatic carbocycles. The number of nitrogens with zero attached hydrogens (tertiary/aromatic N) is 3. The van der Waals surface area contributed by atoms with Crippen molar-refractivity contribution in [2.75, 3.05) is 7.05 Å². The summed E-state index contributed by atoms with van der Waals surface area (Å²) in [5, 5.41) is 5.77. The fourth-order valence-electron chi connectivity index (χ4n) is 2.36. The van der Waals surface area contributed by atoms with Gasteiger partial charge in [-0.1, -0.05) is 6.07 Å². The first kappa shape index (κ1) is 16.3. The van der Waals surface area contributed by atoms with E-state index in [2.05, 4.69) is 9.97 Å². The molecule has 0 fully saturated rings. The molecule has 0 unspecified atom stereocenters. The molecule has 4 nitrogen and oxygen atoms in total. The lowest BCUT2D eigenvalue weighted by Gasteiger charge is -2.23. The van der Waals surface area contributed by atoms with E-state index in [1.165, 1.54) is 11.3 Å². The summed E-state index contributed by atoms with van der Waals surface area (Å²) in [4.78, 5) is 25.7. The minimum Gasteiger partial charge on any atom is -0.332 e. The van der Waals surface area contributed by atoms with E-state index in [9.17, 15) is 4.79 Å². The third-order valence-electron chi connectivity index (χ3n) is 3.69. The van der Waals surface area contributed by atoms with Gasteiger partial charge in [0.2, 0.25) is 0 Å². The molecule has 0 saturated carbocycles. The highest BCUT2D eigenvalue weighted by molar-refractivity contribution is 7.20. The lowest BCUT2D eigenvalue weighted by molar-refractivity contribution is 0.0734. The van der Waals surface area contributed by atoms with Crippen LogP contribution in [-0.2, 0) is 0 Å². The maximum Gasteiger partial charge on any atom is 0.273 e. The fraction of sp³-hybridized carbons (Fsp3) is 0.312. The smallest absolute Gasteiger partial charge is 0.273 e. The van der Waals surface area contributed by atoms with E-state index < -0.39 is 0 Å². The number of amides is 1. The number of thiazole rings is 2. The first-order valence-electron chi connectivity index (χ1n) is 7.18. The van der Waals surface area contributed by atoms with Gasteiger partial charge in [0.05, 0.1) is 21.6 Å². The molecule has 0 aliphatic rings. The number of carbonyl (C=O) groups excluding carboxylic acids is 1. The van der Waals surface area contributed by atoms with Crippen LogP contribution in [0.4, 0.5) is 0 Å². The van der Waals surface area contributed by atoms with Gasteiger partial charge < -0.3 is 4.90 Å². The summed E-state index contributed by atoms with van der Waals surface area (Å²) >= 11 is 4.80. The predicted molar refractivity (Wildman–Crippen MR) is 97.5 cm³/mol. The number of aromatic nitrogens is 2. The second-order valence-electron chi connectivity index (χ2n) is 5.28. The van der Waals surface area contributed by atoms with Gasteiger partial charge in [-0.05, 0) is 32.2 Å². The summed E-state index contributed by atoms with van der Waals surface area (Å²) in [6.07, 6.45) is 0. The number of thiophene rings is 1. The Morgan fingerprint density at radius 2 is 2.04 bits per heavy atom. The standard InChI is InChI=1S/C16H17N3OS3/c1-9(14-10(2)23-11(3)17-14)19(4)16(20)12-8-22-15(18-12)13-6-5-7-21-13/h5-9H,1-4H3/t9-/m0/s1. The molecule has 3 rings (SSSR count). The number of aryl methyl sites for hydroxylation is 2. The molecule has 3 aromatic rings. The maximum atomic E-state index is 12.7. The summed E-state index contributed by atoms with van der Waals surface area (Å²) < 4.78 is 0. The Hall–Kier alpha value is -1.57. The summed E-state index contributed by atoms with van der Waals surface area (Å²) in [5.74, 6) is -0.0680. The Kier molecular flexibility index (Phi) is 4.61. The summed E-state index contributed by atoms with van der Waals surface area (Å²) in [7, 11) is 1.81. The third kappa shape index (κ3) is 3.22. The zero-order chi connectivity index (χ0) is 16.6. The van der Waals surface area contributed by atoms with Crippen molar-refractivity contribution >= 4 is 39.9 Å². The molecule has 0 radical (unpaired) electrons. The van der Waals surface area contributed by atoms with Crippen molar-refractivity contribution in [1.29, 1.82) is 0 Å². The Morgan fingerprint density at radius 3 is 2.65 bits per heavy atom. The molecule has 1 amide bonds. The van der Waals surface area contributed by atoms with Crippen molar-refractivity contribution in [3.8, 4) is 9.88 Å². The molecular formula is C16H17N3OS3. The second kappa shape index (κ2) is 6.51. The van der Waals surface area contributed by atoms with Crippen LogP contribution in [0.3, 0.4) is 0 Å². The van der Waals surface area contributed by atoms with Gasteiger partial charge in [0, 0.05) is 17.3 Å². The van der Waals surface area contributed by atoms with Gasteiger partial charge in [-0.15, -0.1) is 34.0 Å². The fourth-order valence-corrected chi connectivity index (χ4v) is 4.87. The van der Waals surface area contributed by atoms with E-state index >= 15 is 0 Å². The highest BCUT2D eigenvalue weighted by atomic mass is 32.1. The van der Waals surface area contributed by atoms with Gasteiger partial charge in [-0.2, -0.15) is 0 Å². The molecule has 1 atom stereocenters. The monoisotopic (exact) mass is 363 g/mol. The lowest BCUT2D eigenvalue weighted by atomic mass is 10.2. The highest BCUT2D eigenvalue weighted by Gasteiger charge is 2.24. The van der Waals surface area contributed by atoms with Crippen LogP contribution in [0.2, 0.25) is 0 Å². The normalized spacial score (nSPS) is 12.3. The van der Waals surface area contributed by atoms with Crippen LogP contribution in [-0.4, -0.2) is 27.8 Å². The van der Waals surface area contributed by atoms with Gasteiger partial charge in [-0.25, -0.2) is 9.97 Å². The Labute approximate surface area is 147 Å². The van der Waals surface area contributed by atoms with Crippen LogP contribution in [0, 0.1) is 13.8 Å². The van der Waals surface area contributed by atoms with Gasteiger partial charge in [-0.3, -0.25) is 4.79 Å². The second-order valence-corrected chi connectivity index (χ2v) is 8.49. The van der Waals surface area contributed by atoms with E-state index in [0.29, 0.717) is 5.69 Å². The van der Waals surface area contributed by atoms with Crippen molar-refractivity contribution in [1.82, 2.24) is 14.9 Å². The summed E-state index contributed by atoms with van der Waals surface area (Å²) in [6.45, 7) is 6.04. The van der Waals surface area contributed by atoms with Crippen molar-refractivity contribution in [2.24, 2.45) is 0 Å². The quantitative estimate of drug-likeness (QED) is 0.670. The van der Waals surface area contributed by atoms with E-state index in [1.54, 1.807) is 27.6 Å². The Balaban J connectivity index is 1.81. The van der Waals surface area contributed by atoms with Crippen LogP contribution < -0.4 is 0 Å². The van der Waals surface area contributed by atoms with Crippen molar-refractivity contribution < 1.29 is 4.79 Å². The topological polar surface area (TPSA) is 46.1 Å². The molecule has 3 aromatic heterocycles. The number of hydrogen-bond donors (Lipinski definition) is 0. The maximum absolute atomic E-state index is 12.7. The van der Waals surface area contributed by atoms with E-state index in [0.717, 1.165) is 25.5 Å². The molecule has 0 saturated heterocycles. The zero-order valence-electron chi connectivity index (χ0n) is 13.4. The van der Waals surface area contributed by atoms with Crippen LogP contribution >= 0.6 is 34.0 Å². The molecule has 3 heterocycles. The molecule has 0 spiro atoms. The highest BCUT2D eigenvalue weighted by Crippen LogP contribution is 2.30. The average Bonchev–Trinajstić information content (AvgIpc) is 3.24. The molecular weight excluding hydrogens is 346 g/mol. The van der Waals surface area contributed by atoms with E-state index in [-0.39, 0.29) is 11.9 Å². The van der Waals surface area contributed by atoms with E-state index in [4.69, 9.17) is 0 Å². The number of rotatable bonds is 4. The van der Waals surface area contributed by atoms with Gasteiger partial charge in [0.15, 0.2) is 0 Å². The number of carbonyl (C=O) groups is 1. The third-order valence-corrected chi connectivity index (χ3v) is 6.48. The summed E-state index contributed by atoms with van der Waals surface area (Å²) in [5.41, 5.74) is 1.47. The average molecular weight is 364 g/mol. The largest absolute Gasteiger partial charge is 0.332 e. The SMILES string of the molecule is Cc1nc([C@H](C)N(C)C(=O)c2csc(-c3cccs3)n2)c(C)s1. The molecule has 23 heavy (non-hydrogen) atoms. The molecule has 0 aromatic carbocycles. The van der Waals surface area contributed by atoms with Gasteiger partial charge >= 0.3 is 0 Å². The van der Waals surface area contributed by atoms with Crippen molar-refractivity contribution in [3.05, 3.63) is 44.2 Å². The van der Waals surface area contributed by atoms with Crippen LogP contribution in [0.5, 0.6) is 0 Å². The van der Waals surface area contributed by atoms with Crippen molar-refractivity contribution in [2.45, 2.75) is 26.8 Å². The Bertz CT molecular complexity index is 820. The lowest BCUT2D eigenvalue weighted by Crippen LogP contribution is -2.30. The number of hydrogen-bond acceptors (Lipinski definition) is 6. The van der Waals surface area contributed by atoms with Crippen LogP contribution in [0.25, 0.3) is 9.88 Å². The van der Waals surface area contributed by atoms with E-state index in [1.807, 2.05) is 50.7 Å².